The molecule has 5 heteroatoms. The highest BCUT2D eigenvalue weighted by Gasteiger charge is 2.45. The molecule has 0 N–H and O–H groups in total. The molecule has 0 aromatic heterocycles. The molecule has 0 aliphatic carbocycles. The molecule has 5 nitrogen and oxygen atoms in total. The van der Waals surface area contributed by atoms with Crippen molar-refractivity contribution in [1.82, 2.24) is 0 Å². The fourth-order valence-electron chi connectivity index (χ4n) is 1.92. The number of hydrogen-bond acceptors (Lipinski definition) is 5. The maximum atomic E-state index is 12.2. The topological polar surface area (TPSA) is 61.8 Å². The van der Waals surface area contributed by atoms with Gasteiger partial charge < -0.3 is 14.2 Å². The van der Waals surface area contributed by atoms with E-state index in [-0.39, 0.29) is 6.61 Å². The van der Waals surface area contributed by atoms with Crippen LogP contribution >= 0.6 is 0 Å². The summed E-state index contributed by atoms with van der Waals surface area (Å²) in [6, 6.07) is 0. The zero-order valence-corrected chi connectivity index (χ0v) is 13.2. The molecule has 0 saturated carbocycles. The summed E-state index contributed by atoms with van der Waals surface area (Å²) in [7, 11) is 1.53. The number of ether oxygens (including phenoxy) is 3. The molecule has 0 aliphatic heterocycles. The Morgan fingerprint density at radius 2 is 1.40 bits per heavy atom. The van der Waals surface area contributed by atoms with Gasteiger partial charge >= 0.3 is 11.9 Å². The summed E-state index contributed by atoms with van der Waals surface area (Å²) in [5.41, 5.74) is -1.18. The summed E-state index contributed by atoms with van der Waals surface area (Å²) in [4.78, 5) is 24.4. The Hall–Kier alpha value is -1.10. The van der Waals surface area contributed by atoms with Crippen LogP contribution in [0.1, 0.15) is 52.9 Å². The van der Waals surface area contributed by atoms with Gasteiger partial charge in [0.1, 0.15) is 6.61 Å². The largest absolute Gasteiger partial charge is 0.465 e. The molecule has 0 aromatic carbocycles. The third-order valence-corrected chi connectivity index (χ3v) is 3.49. The number of unbranched alkanes of at least 4 members (excludes halogenated alkanes) is 2. The van der Waals surface area contributed by atoms with E-state index in [1.54, 1.807) is 13.8 Å². The molecule has 0 rings (SSSR count). The van der Waals surface area contributed by atoms with E-state index in [1.165, 1.54) is 7.11 Å². The van der Waals surface area contributed by atoms with Gasteiger partial charge in [-0.05, 0) is 19.3 Å². The van der Waals surface area contributed by atoms with Crippen molar-refractivity contribution in [1.29, 1.82) is 0 Å². The van der Waals surface area contributed by atoms with Gasteiger partial charge in [0.2, 0.25) is 0 Å². The molecule has 0 saturated heterocycles. The lowest BCUT2D eigenvalue weighted by Crippen LogP contribution is -2.41. The Bertz CT molecular complexity index is 284. The van der Waals surface area contributed by atoms with Crippen LogP contribution in [0.25, 0.3) is 0 Å². The van der Waals surface area contributed by atoms with Crippen molar-refractivity contribution in [2.75, 3.05) is 26.9 Å². The molecule has 0 atom stereocenters. The van der Waals surface area contributed by atoms with Crippen LogP contribution in [0.5, 0.6) is 0 Å². The van der Waals surface area contributed by atoms with E-state index in [9.17, 15) is 9.59 Å². The highest BCUT2D eigenvalue weighted by atomic mass is 16.6. The van der Waals surface area contributed by atoms with Crippen LogP contribution in [0.4, 0.5) is 0 Å². The van der Waals surface area contributed by atoms with Crippen LogP contribution in [0, 0.1) is 5.41 Å². The second-order valence-corrected chi connectivity index (χ2v) is 4.76. The quantitative estimate of drug-likeness (QED) is 0.332. The molecule has 0 radical (unpaired) electrons. The molecule has 0 unspecified atom stereocenters. The molecule has 0 fully saturated rings. The van der Waals surface area contributed by atoms with Gasteiger partial charge in [-0.15, -0.1) is 0 Å². The lowest BCUT2D eigenvalue weighted by Gasteiger charge is -2.26. The molecule has 0 bridgehead atoms. The third-order valence-electron chi connectivity index (χ3n) is 3.49. The Morgan fingerprint density at radius 1 is 0.850 bits per heavy atom. The van der Waals surface area contributed by atoms with Gasteiger partial charge in [-0.1, -0.05) is 33.6 Å². The first-order valence-corrected chi connectivity index (χ1v) is 7.42. The Labute approximate surface area is 122 Å². The number of carbonyl (C=O) groups is 2. The van der Waals surface area contributed by atoms with Gasteiger partial charge in [-0.2, -0.15) is 0 Å². The van der Waals surface area contributed by atoms with Crippen LogP contribution in [0.2, 0.25) is 0 Å². The van der Waals surface area contributed by atoms with E-state index in [4.69, 9.17) is 14.2 Å². The Balaban J connectivity index is 4.55. The van der Waals surface area contributed by atoms with Gasteiger partial charge in [-0.25, -0.2) is 0 Å². The molecule has 20 heavy (non-hydrogen) atoms. The minimum Gasteiger partial charge on any atom is -0.465 e. The van der Waals surface area contributed by atoms with Crippen molar-refractivity contribution in [3.63, 3.8) is 0 Å². The Morgan fingerprint density at radius 3 is 1.85 bits per heavy atom. The SMILES string of the molecule is CCCCCOC(=O)C(CC)(CC)C(=O)OCCOC. The van der Waals surface area contributed by atoms with E-state index < -0.39 is 17.4 Å². The lowest BCUT2D eigenvalue weighted by molar-refractivity contribution is -0.174. The molecule has 118 valence electrons. The maximum absolute atomic E-state index is 12.2. The third kappa shape index (κ3) is 5.49. The highest BCUT2D eigenvalue weighted by molar-refractivity contribution is 5.99. The molecule has 0 aliphatic rings. The van der Waals surface area contributed by atoms with Crippen LogP contribution in [-0.4, -0.2) is 38.9 Å². The van der Waals surface area contributed by atoms with Crippen molar-refractivity contribution >= 4 is 11.9 Å². The fourth-order valence-corrected chi connectivity index (χ4v) is 1.92. The minimum absolute atomic E-state index is 0.153. The van der Waals surface area contributed by atoms with Crippen LogP contribution in [-0.2, 0) is 23.8 Å². The fraction of sp³-hybridized carbons (Fsp3) is 0.867. The zero-order valence-electron chi connectivity index (χ0n) is 13.2. The van der Waals surface area contributed by atoms with E-state index >= 15 is 0 Å². The van der Waals surface area contributed by atoms with Crippen molar-refractivity contribution in [3.05, 3.63) is 0 Å². The summed E-state index contributed by atoms with van der Waals surface area (Å²) >= 11 is 0. The standard InChI is InChI=1S/C15H28O5/c1-5-8-9-10-19-13(16)15(6-2,7-3)14(17)20-12-11-18-4/h5-12H2,1-4H3. The van der Waals surface area contributed by atoms with Crippen molar-refractivity contribution in [2.45, 2.75) is 52.9 Å². The van der Waals surface area contributed by atoms with E-state index in [1.807, 2.05) is 0 Å². The summed E-state index contributed by atoms with van der Waals surface area (Å²) in [6.45, 7) is 6.51. The maximum Gasteiger partial charge on any atom is 0.323 e. The molecule has 0 heterocycles. The van der Waals surface area contributed by atoms with Crippen LogP contribution < -0.4 is 0 Å². The summed E-state index contributed by atoms with van der Waals surface area (Å²) in [5, 5.41) is 0. The average Bonchev–Trinajstić information content (AvgIpc) is 2.46. The minimum atomic E-state index is -1.18. The van der Waals surface area contributed by atoms with Gasteiger partial charge in [0.25, 0.3) is 0 Å². The Kier molecular flexibility index (Phi) is 10.1. The molecular formula is C15H28O5. The second-order valence-electron chi connectivity index (χ2n) is 4.76. The molecular weight excluding hydrogens is 260 g/mol. The highest BCUT2D eigenvalue weighted by Crippen LogP contribution is 2.30. The number of hydrogen-bond donors (Lipinski definition) is 0. The second kappa shape index (κ2) is 10.7. The predicted octanol–water partition coefficient (Wildman–Crippen LogP) is 2.72. The first-order valence-electron chi connectivity index (χ1n) is 7.42. The zero-order chi connectivity index (χ0) is 15.4. The van der Waals surface area contributed by atoms with Gasteiger partial charge in [0, 0.05) is 7.11 Å². The summed E-state index contributed by atoms with van der Waals surface area (Å²) < 4.78 is 15.2. The number of rotatable bonds is 11. The van der Waals surface area contributed by atoms with Gasteiger partial charge in [-0.3, -0.25) is 9.59 Å². The van der Waals surface area contributed by atoms with E-state index in [0.29, 0.717) is 26.1 Å². The smallest absolute Gasteiger partial charge is 0.323 e. The van der Waals surface area contributed by atoms with Crippen molar-refractivity contribution in [3.8, 4) is 0 Å². The van der Waals surface area contributed by atoms with E-state index in [2.05, 4.69) is 6.92 Å². The molecule has 0 spiro atoms. The number of methoxy groups -OCH3 is 1. The van der Waals surface area contributed by atoms with Crippen molar-refractivity contribution < 1.29 is 23.8 Å². The van der Waals surface area contributed by atoms with Crippen LogP contribution in [0.3, 0.4) is 0 Å². The van der Waals surface area contributed by atoms with Crippen LogP contribution in [0.15, 0.2) is 0 Å². The normalized spacial score (nSPS) is 11.2. The van der Waals surface area contributed by atoms with Crippen molar-refractivity contribution in [2.24, 2.45) is 5.41 Å². The van der Waals surface area contributed by atoms with Gasteiger partial charge in [0.15, 0.2) is 5.41 Å². The average molecular weight is 288 g/mol. The number of esters is 2. The predicted molar refractivity (Wildman–Crippen MR) is 76.3 cm³/mol. The first-order chi connectivity index (χ1) is 9.58. The summed E-state index contributed by atoms with van der Waals surface area (Å²) in [6.07, 6.45) is 3.65. The summed E-state index contributed by atoms with van der Waals surface area (Å²) in [5.74, 6) is -0.985. The molecule has 0 aromatic rings. The van der Waals surface area contributed by atoms with E-state index in [0.717, 1.165) is 19.3 Å². The lowest BCUT2D eigenvalue weighted by atomic mass is 9.82. The monoisotopic (exact) mass is 288 g/mol. The van der Waals surface area contributed by atoms with Gasteiger partial charge in [0.05, 0.1) is 13.2 Å². The number of carbonyl (C=O) groups excluding carboxylic acids is 2. The first kappa shape index (κ1) is 18.9. The molecule has 0 amide bonds.